The number of hydrazine groups is 1. The van der Waals surface area contributed by atoms with Gasteiger partial charge in [0.1, 0.15) is 5.75 Å². The predicted octanol–water partition coefficient (Wildman–Crippen LogP) is 2.72. The number of amides is 1. The van der Waals surface area contributed by atoms with Gasteiger partial charge < -0.3 is 4.74 Å². The Hall–Kier alpha value is -3.22. The first-order valence-electron chi connectivity index (χ1n) is 7.80. The van der Waals surface area contributed by atoms with E-state index in [-0.39, 0.29) is 5.91 Å². The van der Waals surface area contributed by atoms with Crippen molar-refractivity contribution in [2.45, 2.75) is 20.8 Å². The van der Waals surface area contributed by atoms with Crippen molar-refractivity contribution in [1.82, 2.24) is 20.4 Å². The van der Waals surface area contributed by atoms with Crippen LogP contribution in [-0.2, 0) is 0 Å². The van der Waals surface area contributed by atoms with E-state index in [1.165, 1.54) is 0 Å². The van der Waals surface area contributed by atoms with Gasteiger partial charge in [-0.2, -0.15) is 0 Å². The van der Waals surface area contributed by atoms with Crippen molar-refractivity contribution in [2.75, 3.05) is 12.5 Å². The normalized spacial score (nSPS) is 10.6. The Labute approximate surface area is 145 Å². The van der Waals surface area contributed by atoms with Crippen molar-refractivity contribution in [3.63, 3.8) is 0 Å². The van der Waals surface area contributed by atoms with Crippen LogP contribution in [0, 0.1) is 20.8 Å². The summed E-state index contributed by atoms with van der Waals surface area (Å²) in [6, 6.07) is 9.20. The average Bonchev–Trinajstić information content (AvgIpc) is 2.58. The van der Waals surface area contributed by atoms with Crippen molar-refractivity contribution in [2.24, 2.45) is 0 Å². The summed E-state index contributed by atoms with van der Waals surface area (Å²) < 4.78 is 5.22. The van der Waals surface area contributed by atoms with Crippen LogP contribution in [0.15, 0.2) is 30.3 Å². The van der Waals surface area contributed by atoms with Gasteiger partial charge in [0, 0.05) is 16.8 Å². The van der Waals surface area contributed by atoms with E-state index in [0.29, 0.717) is 23.0 Å². The molecule has 0 saturated carbocycles. The average molecular weight is 337 g/mol. The number of rotatable bonds is 4. The van der Waals surface area contributed by atoms with Crippen molar-refractivity contribution in [3.05, 3.63) is 53.0 Å². The Morgan fingerprint density at radius 1 is 1.00 bits per heavy atom. The van der Waals surface area contributed by atoms with Crippen LogP contribution < -0.4 is 15.6 Å². The number of nitrogens with zero attached hydrogens (tertiary/aromatic N) is 3. The molecule has 2 aromatic heterocycles. The molecule has 25 heavy (non-hydrogen) atoms. The highest BCUT2D eigenvalue weighted by atomic mass is 16.5. The molecule has 3 rings (SSSR count). The minimum absolute atomic E-state index is 0.308. The monoisotopic (exact) mass is 337 g/mol. The second-order valence-electron chi connectivity index (χ2n) is 5.73. The van der Waals surface area contributed by atoms with Crippen LogP contribution in [0.1, 0.15) is 27.4 Å². The van der Waals surface area contributed by atoms with E-state index in [0.717, 1.165) is 22.3 Å². The number of ether oxygens (including phenoxy) is 1. The van der Waals surface area contributed by atoms with Gasteiger partial charge in [0.05, 0.1) is 23.9 Å². The zero-order valence-corrected chi connectivity index (χ0v) is 14.5. The van der Waals surface area contributed by atoms with E-state index in [1.807, 2.05) is 38.1 Å². The summed E-state index contributed by atoms with van der Waals surface area (Å²) in [6.45, 7) is 5.53. The molecule has 0 bridgehead atoms. The lowest BCUT2D eigenvalue weighted by Gasteiger charge is -2.11. The topological polar surface area (TPSA) is 89.0 Å². The summed E-state index contributed by atoms with van der Waals surface area (Å²) in [4.78, 5) is 25.4. The second kappa shape index (κ2) is 6.72. The zero-order valence-electron chi connectivity index (χ0n) is 14.5. The fraction of sp³-hybridized carbons (Fsp3) is 0.222. The highest BCUT2D eigenvalue weighted by Gasteiger charge is 2.12. The maximum atomic E-state index is 12.5. The lowest BCUT2D eigenvalue weighted by Crippen LogP contribution is -2.31. The standard InChI is InChI=1S/C18H19N5O2/c1-10-7-11(2)20-18(19-10)23-22-17(24)15-9-13-8-14(25-4)5-6-16(13)21-12(15)3/h5-9H,1-4H3,(H,22,24)(H,19,20,23). The minimum Gasteiger partial charge on any atom is -0.497 e. The fourth-order valence-corrected chi connectivity index (χ4v) is 2.57. The first-order chi connectivity index (χ1) is 12.0. The van der Waals surface area contributed by atoms with Crippen LogP contribution in [-0.4, -0.2) is 28.0 Å². The molecule has 2 heterocycles. The fourth-order valence-electron chi connectivity index (χ4n) is 2.57. The Bertz CT molecular complexity index is 935. The van der Waals surface area contributed by atoms with Crippen LogP contribution in [0.3, 0.4) is 0 Å². The number of pyridine rings is 1. The molecule has 0 fully saturated rings. The van der Waals surface area contributed by atoms with Gasteiger partial charge in [-0.05, 0) is 51.1 Å². The van der Waals surface area contributed by atoms with E-state index in [1.54, 1.807) is 20.1 Å². The summed E-state index contributed by atoms with van der Waals surface area (Å²) in [7, 11) is 1.60. The summed E-state index contributed by atoms with van der Waals surface area (Å²) in [5, 5.41) is 0.831. The molecule has 0 unspecified atom stereocenters. The largest absolute Gasteiger partial charge is 0.497 e. The van der Waals surface area contributed by atoms with Crippen LogP contribution in [0.25, 0.3) is 10.9 Å². The Kier molecular flexibility index (Phi) is 4.47. The van der Waals surface area contributed by atoms with Gasteiger partial charge in [0.25, 0.3) is 5.91 Å². The van der Waals surface area contributed by atoms with Gasteiger partial charge in [-0.15, -0.1) is 0 Å². The lowest BCUT2D eigenvalue weighted by molar-refractivity contribution is 0.0961. The van der Waals surface area contributed by atoms with Crippen LogP contribution >= 0.6 is 0 Å². The lowest BCUT2D eigenvalue weighted by atomic mass is 10.1. The number of carbonyl (C=O) groups is 1. The van der Waals surface area contributed by atoms with Gasteiger partial charge in [-0.25, -0.2) is 9.97 Å². The first-order valence-corrected chi connectivity index (χ1v) is 7.80. The van der Waals surface area contributed by atoms with Gasteiger partial charge >= 0.3 is 0 Å². The molecule has 128 valence electrons. The predicted molar refractivity (Wildman–Crippen MR) is 95.6 cm³/mol. The van der Waals surface area contributed by atoms with Crippen molar-refractivity contribution >= 4 is 22.8 Å². The number of hydrogen-bond donors (Lipinski definition) is 2. The number of hydrogen-bond acceptors (Lipinski definition) is 6. The Morgan fingerprint density at radius 2 is 1.72 bits per heavy atom. The van der Waals surface area contributed by atoms with Crippen LogP contribution in [0.2, 0.25) is 0 Å². The quantitative estimate of drug-likeness (QED) is 0.712. The summed E-state index contributed by atoms with van der Waals surface area (Å²) in [6.07, 6.45) is 0. The van der Waals surface area contributed by atoms with E-state index in [2.05, 4.69) is 25.8 Å². The van der Waals surface area contributed by atoms with Crippen molar-refractivity contribution in [3.8, 4) is 5.75 Å². The smallest absolute Gasteiger partial charge is 0.271 e. The number of aryl methyl sites for hydroxylation is 3. The zero-order chi connectivity index (χ0) is 18.0. The molecule has 1 aromatic carbocycles. The maximum absolute atomic E-state index is 12.5. The molecule has 3 aromatic rings. The molecule has 2 N–H and O–H groups in total. The highest BCUT2D eigenvalue weighted by molar-refractivity contribution is 5.99. The number of nitrogens with one attached hydrogen (secondary N) is 2. The number of carbonyl (C=O) groups excluding carboxylic acids is 1. The second-order valence-corrected chi connectivity index (χ2v) is 5.73. The molecular formula is C18H19N5O2. The molecule has 0 atom stereocenters. The van der Waals surface area contributed by atoms with E-state index in [4.69, 9.17) is 4.74 Å². The minimum atomic E-state index is -0.308. The maximum Gasteiger partial charge on any atom is 0.271 e. The van der Waals surface area contributed by atoms with Gasteiger partial charge in [-0.1, -0.05) is 0 Å². The summed E-state index contributed by atoms with van der Waals surface area (Å²) in [5.74, 6) is 0.752. The van der Waals surface area contributed by atoms with Crippen molar-refractivity contribution < 1.29 is 9.53 Å². The molecule has 0 spiro atoms. The van der Waals surface area contributed by atoms with Gasteiger partial charge in [0.15, 0.2) is 0 Å². The van der Waals surface area contributed by atoms with Gasteiger partial charge in [0.2, 0.25) is 5.95 Å². The third kappa shape index (κ3) is 3.65. The molecule has 7 nitrogen and oxygen atoms in total. The highest BCUT2D eigenvalue weighted by Crippen LogP contribution is 2.21. The number of aromatic nitrogens is 3. The molecule has 1 amide bonds. The number of fused-ring (bicyclic) bond motifs is 1. The van der Waals surface area contributed by atoms with Crippen LogP contribution in [0.5, 0.6) is 5.75 Å². The summed E-state index contributed by atoms with van der Waals surface area (Å²) >= 11 is 0. The number of anilines is 1. The van der Waals surface area contributed by atoms with Crippen LogP contribution in [0.4, 0.5) is 5.95 Å². The molecule has 0 aliphatic carbocycles. The van der Waals surface area contributed by atoms with E-state index >= 15 is 0 Å². The van der Waals surface area contributed by atoms with Crippen molar-refractivity contribution in [1.29, 1.82) is 0 Å². The van der Waals surface area contributed by atoms with E-state index in [9.17, 15) is 4.79 Å². The third-order valence-electron chi connectivity index (χ3n) is 3.73. The molecule has 0 aliphatic rings. The Balaban J connectivity index is 1.84. The molecule has 0 aliphatic heterocycles. The first kappa shape index (κ1) is 16.6. The molecule has 0 saturated heterocycles. The SMILES string of the molecule is COc1ccc2nc(C)c(C(=O)NNc3nc(C)cc(C)n3)cc2c1. The molecule has 0 radical (unpaired) electrons. The van der Waals surface area contributed by atoms with Gasteiger partial charge in [-0.3, -0.25) is 20.6 Å². The third-order valence-corrected chi connectivity index (χ3v) is 3.73. The number of methoxy groups -OCH3 is 1. The molecular weight excluding hydrogens is 318 g/mol. The van der Waals surface area contributed by atoms with E-state index < -0.39 is 0 Å². The summed E-state index contributed by atoms with van der Waals surface area (Å²) in [5.41, 5.74) is 8.92. The Morgan fingerprint density at radius 3 is 2.40 bits per heavy atom. The number of benzene rings is 1. The molecule has 7 heteroatoms.